The Morgan fingerprint density at radius 2 is 1.64 bits per heavy atom. The maximum absolute atomic E-state index is 6.08. The lowest BCUT2D eigenvalue weighted by Crippen LogP contribution is -3.00. The zero-order chi connectivity index (χ0) is 16.5. The summed E-state index contributed by atoms with van der Waals surface area (Å²) < 4.78 is 4.87. The van der Waals surface area contributed by atoms with E-state index >= 15 is 0 Å². The number of fused-ring (bicyclic) bond motifs is 1. The Bertz CT molecular complexity index is 851. The van der Waals surface area contributed by atoms with Crippen molar-refractivity contribution in [3.8, 4) is 16.9 Å². The van der Waals surface area contributed by atoms with Crippen molar-refractivity contribution in [3.63, 3.8) is 0 Å². The third kappa shape index (κ3) is 3.68. The van der Waals surface area contributed by atoms with Gasteiger partial charge in [0.25, 0.3) is 5.82 Å². The second-order valence-corrected chi connectivity index (χ2v) is 7.05. The van der Waals surface area contributed by atoms with E-state index in [4.69, 9.17) is 11.6 Å². The van der Waals surface area contributed by atoms with E-state index in [1.165, 1.54) is 47.6 Å². The van der Waals surface area contributed by atoms with Crippen molar-refractivity contribution < 1.29 is 21.5 Å². The molecule has 4 rings (SSSR count). The van der Waals surface area contributed by atoms with Gasteiger partial charge >= 0.3 is 0 Å². The molecule has 0 spiro atoms. The van der Waals surface area contributed by atoms with Crippen molar-refractivity contribution in [2.75, 3.05) is 0 Å². The van der Waals surface area contributed by atoms with Crippen LogP contribution in [0.5, 0.6) is 0 Å². The van der Waals surface area contributed by atoms with Crippen LogP contribution in [0.2, 0.25) is 5.02 Å². The van der Waals surface area contributed by atoms with Gasteiger partial charge < -0.3 is 17.0 Å². The van der Waals surface area contributed by atoms with Crippen LogP contribution < -0.4 is 21.5 Å². The van der Waals surface area contributed by atoms with Crippen LogP contribution in [0.1, 0.15) is 30.7 Å². The molecule has 0 aliphatic carbocycles. The van der Waals surface area contributed by atoms with E-state index in [0.717, 1.165) is 18.0 Å². The van der Waals surface area contributed by atoms with Crippen LogP contribution in [0.3, 0.4) is 0 Å². The quantitative estimate of drug-likeness (QED) is 0.565. The Hall–Kier alpha value is -1.58. The number of imidazole rings is 1. The minimum atomic E-state index is 0. The lowest BCUT2D eigenvalue weighted by molar-refractivity contribution is -0.702. The summed E-state index contributed by atoms with van der Waals surface area (Å²) in [6.45, 7) is 3.24. The van der Waals surface area contributed by atoms with Crippen molar-refractivity contribution in [3.05, 3.63) is 71.1 Å². The number of benzene rings is 2. The molecule has 4 heteroatoms. The molecular weight excluding hydrogens is 396 g/mol. The number of nitrogens with zero attached hydrogens (tertiary/aromatic N) is 2. The summed E-state index contributed by atoms with van der Waals surface area (Å²) in [5.74, 6) is 1.40. The first kappa shape index (κ1) is 18.2. The van der Waals surface area contributed by atoms with E-state index in [-0.39, 0.29) is 17.0 Å². The van der Waals surface area contributed by atoms with E-state index in [9.17, 15) is 0 Å². The number of aromatic nitrogens is 2. The molecule has 130 valence electrons. The molecule has 1 aromatic heterocycles. The fraction of sp³-hybridized carbons (Fsp3) is 0.286. The van der Waals surface area contributed by atoms with Crippen molar-refractivity contribution in [1.82, 2.24) is 4.57 Å². The van der Waals surface area contributed by atoms with Crippen LogP contribution in [-0.4, -0.2) is 4.57 Å². The molecule has 2 heterocycles. The van der Waals surface area contributed by atoms with Crippen LogP contribution in [0.15, 0.2) is 54.7 Å². The lowest BCUT2D eigenvalue weighted by Gasteiger charge is -2.06. The molecule has 0 atom stereocenters. The fourth-order valence-electron chi connectivity index (χ4n) is 3.54. The van der Waals surface area contributed by atoms with E-state index in [1.54, 1.807) is 0 Å². The summed E-state index contributed by atoms with van der Waals surface area (Å²) in [7, 11) is 0. The summed E-state index contributed by atoms with van der Waals surface area (Å²) in [6.07, 6.45) is 7.27. The second kappa shape index (κ2) is 7.76. The summed E-state index contributed by atoms with van der Waals surface area (Å²) in [5.41, 5.74) is 4.98. The van der Waals surface area contributed by atoms with Gasteiger partial charge in [0.05, 0.1) is 6.54 Å². The largest absolute Gasteiger partial charge is 1.00 e. The topological polar surface area (TPSA) is 8.81 Å². The number of aryl methyl sites for hydroxylation is 2. The highest BCUT2D eigenvalue weighted by Gasteiger charge is 2.26. The van der Waals surface area contributed by atoms with Gasteiger partial charge in [-0.1, -0.05) is 29.3 Å². The van der Waals surface area contributed by atoms with Gasteiger partial charge in [0.2, 0.25) is 0 Å². The highest BCUT2D eigenvalue weighted by atomic mass is 79.9. The molecule has 0 fully saturated rings. The third-order valence-corrected chi connectivity index (χ3v) is 5.09. The first-order valence-corrected chi connectivity index (χ1v) is 9.07. The number of rotatable bonds is 2. The maximum Gasteiger partial charge on any atom is 0.262 e. The molecule has 1 aliphatic heterocycles. The predicted molar refractivity (Wildman–Crippen MR) is 98.7 cm³/mol. The van der Waals surface area contributed by atoms with Gasteiger partial charge in [-0.15, -0.1) is 0 Å². The van der Waals surface area contributed by atoms with Crippen molar-refractivity contribution in [2.45, 2.75) is 39.2 Å². The van der Waals surface area contributed by atoms with Crippen molar-refractivity contribution in [1.29, 1.82) is 0 Å². The summed E-state index contributed by atoms with van der Waals surface area (Å²) in [6, 6.07) is 17.0. The molecule has 0 bridgehead atoms. The third-order valence-electron chi connectivity index (χ3n) is 4.84. The molecule has 0 radical (unpaired) electrons. The Labute approximate surface area is 164 Å². The highest BCUT2D eigenvalue weighted by Crippen LogP contribution is 2.27. The van der Waals surface area contributed by atoms with Gasteiger partial charge in [-0.25, -0.2) is 4.57 Å². The Morgan fingerprint density at radius 3 is 2.36 bits per heavy atom. The fourth-order valence-corrected chi connectivity index (χ4v) is 3.67. The minimum Gasteiger partial charge on any atom is -1.00 e. The molecule has 0 unspecified atom stereocenters. The lowest BCUT2D eigenvalue weighted by atomic mass is 10.1. The van der Waals surface area contributed by atoms with Gasteiger partial charge in [0.15, 0.2) is 5.69 Å². The van der Waals surface area contributed by atoms with Gasteiger partial charge in [0, 0.05) is 17.0 Å². The molecular formula is C21H22BrClN2. The van der Waals surface area contributed by atoms with Gasteiger partial charge in [-0.2, -0.15) is 4.57 Å². The molecule has 2 nitrogen and oxygen atoms in total. The van der Waals surface area contributed by atoms with Crippen LogP contribution in [0, 0.1) is 6.92 Å². The van der Waals surface area contributed by atoms with Crippen molar-refractivity contribution >= 4 is 11.6 Å². The van der Waals surface area contributed by atoms with Crippen molar-refractivity contribution in [2.24, 2.45) is 0 Å². The summed E-state index contributed by atoms with van der Waals surface area (Å²) in [5, 5.41) is 0.779. The normalized spacial score (nSPS) is 13.7. The van der Waals surface area contributed by atoms with E-state index in [0.29, 0.717) is 0 Å². The summed E-state index contributed by atoms with van der Waals surface area (Å²) in [4.78, 5) is 0. The minimum absolute atomic E-state index is 0. The first-order chi connectivity index (χ1) is 11.7. The second-order valence-electron chi connectivity index (χ2n) is 6.61. The smallest absolute Gasteiger partial charge is 0.262 e. The SMILES string of the molecule is Cc1ccc(-n2c(-c3ccc(Cl)cc3)c[n+]3c2CCCCC3)cc1.[Br-]. The average molecular weight is 418 g/mol. The Kier molecular flexibility index (Phi) is 5.65. The molecule has 0 saturated heterocycles. The Balaban J connectivity index is 0.00000182. The van der Waals surface area contributed by atoms with Crippen LogP contribution in [0.25, 0.3) is 16.9 Å². The maximum atomic E-state index is 6.08. The van der Waals surface area contributed by atoms with E-state index < -0.39 is 0 Å². The standard InChI is InChI=1S/C21H22ClN2.BrH/c1-16-6-12-19(13-7-16)24-20(17-8-10-18(22)11-9-17)15-23-14-4-2-3-5-21(23)24;/h6-13,15H,2-5,14H2,1H3;1H/q+1;/p-1. The molecule has 0 saturated carbocycles. The number of halogens is 2. The Morgan fingerprint density at radius 1 is 0.920 bits per heavy atom. The number of hydrogen-bond donors (Lipinski definition) is 0. The van der Waals surface area contributed by atoms with Crippen LogP contribution in [0.4, 0.5) is 0 Å². The number of hydrogen-bond acceptors (Lipinski definition) is 0. The van der Waals surface area contributed by atoms with Gasteiger partial charge in [0.1, 0.15) is 11.9 Å². The average Bonchev–Trinajstić information content (AvgIpc) is 2.79. The summed E-state index contributed by atoms with van der Waals surface area (Å²) >= 11 is 6.08. The molecule has 1 aliphatic rings. The van der Waals surface area contributed by atoms with Gasteiger partial charge in [-0.3, -0.25) is 0 Å². The van der Waals surface area contributed by atoms with Gasteiger partial charge in [-0.05, 0) is 62.6 Å². The monoisotopic (exact) mass is 416 g/mol. The van der Waals surface area contributed by atoms with Crippen LogP contribution >= 0.6 is 11.6 Å². The zero-order valence-corrected chi connectivity index (χ0v) is 16.7. The zero-order valence-electron chi connectivity index (χ0n) is 14.4. The highest BCUT2D eigenvalue weighted by molar-refractivity contribution is 6.30. The molecule has 2 aromatic carbocycles. The molecule has 3 aromatic rings. The van der Waals surface area contributed by atoms with E-state index in [1.807, 2.05) is 12.1 Å². The molecule has 0 N–H and O–H groups in total. The predicted octanol–water partition coefficient (Wildman–Crippen LogP) is 2.12. The molecule has 0 amide bonds. The molecule has 25 heavy (non-hydrogen) atoms. The first-order valence-electron chi connectivity index (χ1n) is 8.69. The van der Waals surface area contributed by atoms with E-state index in [2.05, 4.69) is 58.7 Å². The van der Waals surface area contributed by atoms with Crippen LogP contribution in [-0.2, 0) is 13.0 Å².